The number of ether oxygens (including phenoxy) is 1. The minimum Gasteiger partial charge on any atom is -0.497 e. The van der Waals surface area contributed by atoms with Crippen LogP contribution in [0.4, 0.5) is 13.2 Å². The van der Waals surface area contributed by atoms with Gasteiger partial charge in [0.1, 0.15) is 5.75 Å². The van der Waals surface area contributed by atoms with Gasteiger partial charge in [-0.05, 0) is 30.3 Å². The lowest BCUT2D eigenvalue weighted by Gasteiger charge is -2.07. The topological polar surface area (TPSA) is 39.9 Å². The highest BCUT2D eigenvalue weighted by molar-refractivity contribution is 7.12. The molecule has 4 rings (SSSR count). The summed E-state index contributed by atoms with van der Waals surface area (Å²) in [5.41, 5.74) is 1.35. The molecule has 28 heavy (non-hydrogen) atoms. The summed E-state index contributed by atoms with van der Waals surface area (Å²) >= 11 is 1.11. The molecule has 4 nitrogen and oxygen atoms in total. The zero-order chi connectivity index (χ0) is 19.7. The third-order valence-corrected chi connectivity index (χ3v) is 4.94. The fraction of sp³-hybridized carbons (Fsp3) is 0.100. The van der Waals surface area contributed by atoms with Crippen LogP contribution in [-0.2, 0) is 6.18 Å². The Kier molecular flexibility index (Phi) is 4.64. The first-order valence-electron chi connectivity index (χ1n) is 8.29. The van der Waals surface area contributed by atoms with Crippen LogP contribution in [0.2, 0.25) is 0 Å². The Morgan fingerprint density at radius 3 is 2.25 bits per heavy atom. The van der Waals surface area contributed by atoms with Crippen molar-refractivity contribution < 1.29 is 17.9 Å². The van der Waals surface area contributed by atoms with Gasteiger partial charge in [-0.2, -0.15) is 18.3 Å². The van der Waals surface area contributed by atoms with Crippen molar-refractivity contribution in [3.8, 4) is 33.4 Å². The largest absolute Gasteiger partial charge is 0.497 e. The Morgan fingerprint density at radius 2 is 1.61 bits per heavy atom. The number of aromatic nitrogens is 3. The highest BCUT2D eigenvalue weighted by Crippen LogP contribution is 2.35. The van der Waals surface area contributed by atoms with E-state index in [4.69, 9.17) is 4.74 Å². The molecule has 0 spiro atoms. The minimum absolute atomic E-state index is 0.158. The van der Waals surface area contributed by atoms with Gasteiger partial charge in [0.05, 0.1) is 18.5 Å². The quantitative estimate of drug-likeness (QED) is 0.441. The summed E-state index contributed by atoms with van der Waals surface area (Å²) in [6.07, 6.45) is -4.56. The lowest BCUT2D eigenvalue weighted by molar-refractivity contribution is -0.142. The van der Waals surface area contributed by atoms with E-state index in [9.17, 15) is 13.2 Å². The number of rotatable bonds is 4. The molecule has 2 aromatic heterocycles. The van der Waals surface area contributed by atoms with Gasteiger partial charge in [-0.15, -0.1) is 11.3 Å². The van der Waals surface area contributed by atoms with Crippen LogP contribution in [0.25, 0.3) is 27.6 Å². The number of methoxy groups -OCH3 is 1. The molecule has 0 aliphatic carbocycles. The van der Waals surface area contributed by atoms with Gasteiger partial charge >= 0.3 is 6.18 Å². The van der Waals surface area contributed by atoms with Gasteiger partial charge in [-0.25, -0.2) is 9.67 Å². The highest BCUT2D eigenvalue weighted by atomic mass is 32.1. The SMILES string of the molecule is COc1ccc(-c2cc(C(F)(F)F)n(-c3nc(-c4ccccc4)cs3)n2)cc1. The van der Waals surface area contributed by atoms with Crippen LogP contribution in [0, 0.1) is 0 Å². The van der Waals surface area contributed by atoms with Crippen LogP contribution in [-0.4, -0.2) is 21.9 Å². The van der Waals surface area contributed by atoms with E-state index in [1.807, 2.05) is 30.3 Å². The molecule has 0 aliphatic rings. The fourth-order valence-corrected chi connectivity index (χ4v) is 3.53. The molecule has 0 atom stereocenters. The number of thiazole rings is 1. The van der Waals surface area contributed by atoms with E-state index in [0.29, 0.717) is 17.0 Å². The summed E-state index contributed by atoms with van der Waals surface area (Å²) in [6.45, 7) is 0. The van der Waals surface area contributed by atoms with Crippen LogP contribution < -0.4 is 4.74 Å². The molecule has 0 aliphatic heterocycles. The normalized spacial score (nSPS) is 11.6. The van der Waals surface area contributed by atoms with E-state index < -0.39 is 11.9 Å². The number of benzene rings is 2. The van der Waals surface area contributed by atoms with Gasteiger partial charge in [0, 0.05) is 16.5 Å². The average molecular weight is 401 g/mol. The molecule has 0 N–H and O–H groups in total. The second-order valence-corrected chi connectivity index (χ2v) is 6.77. The third kappa shape index (κ3) is 3.50. The maximum absolute atomic E-state index is 13.6. The van der Waals surface area contributed by atoms with Crippen molar-refractivity contribution in [3.05, 3.63) is 71.7 Å². The lowest BCUT2D eigenvalue weighted by Crippen LogP contribution is -2.13. The molecular formula is C20H14F3N3OS. The Hall–Kier alpha value is -3.13. The molecule has 2 aromatic carbocycles. The molecule has 0 radical (unpaired) electrons. The van der Waals surface area contributed by atoms with E-state index in [1.54, 1.807) is 29.6 Å². The molecule has 0 bridgehead atoms. The zero-order valence-electron chi connectivity index (χ0n) is 14.6. The van der Waals surface area contributed by atoms with Crippen LogP contribution in [0.15, 0.2) is 66.0 Å². The molecule has 0 unspecified atom stereocenters. The Balaban J connectivity index is 1.78. The molecule has 2 heterocycles. The van der Waals surface area contributed by atoms with E-state index >= 15 is 0 Å². The number of hydrogen-bond acceptors (Lipinski definition) is 4. The standard InChI is InChI=1S/C20H14F3N3OS/c1-27-15-9-7-14(8-10-15)16-11-18(20(21,22)23)26(25-16)19-24-17(12-28-19)13-5-3-2-4-6-13/h2-12H,1H3. The Labute approximate surface area is 162 Å². The van der Waals surface area contributed by atoms with Crippen molar-refractivity contribution in [2.24, 2.45) is 0 Å². The van der Waals surface area contributed by atoms with Crippen molar-refractivity contribution in [1.82, 2.24) is 14.8 Å². The number of nitrogens with zero attached hydrogens (tertiary/aromatic N) is 3. The van der Waals surface area contributed by atoms with Crippen molar-refractivity contribution in [1.29, 1.82) is 0 Å². The number of alkyl halides is 3. The van der Waals surface area contributed by atoms with E-state index in [-0.39, 0.29) is 10.8 Å². The molecule has 0 saturated carbocycles. The maximum atomic E-state index is 13.6. The van der Waals surface area contributed by atoms with Gasteiger partial charge in [0.25, 0.3) is 0 Å². The molecular weight excluding hydrogens is 387 g/mol. The maximum Gasteiger partial charge on any atom is 0.433 e. The summed E-state index contributed by atoms with van der Waals surface area (Å²) in [6, 6.07) is 17.0. The second kappa shape index (κ2) is 7.12. The molecule has 0 saturated heterocycles. The summed E-state index contributed by atoms with van der Waals surface area (Å²) in [7, 11) is 1.53. The van der Waals surface area contributed by atoms with Gasteiger partial charge in [-0.3, -0.25) is 0 Å². The van der Waals surface area contributed by atoms with Crippen LogP contribution in [0.5, 0.6) is 5.75 Å². The predicted octanol–water partition coefficient (Wildman–Crippen LogP) is 5.69. The summed E-state index contributed by atoms with van der Waals surface area (Å²) in [5.74, 6) is 0.617. The molecule has 0 amide bonds. The zero-order valence-corrected chi connectivity index (χ0v) is 15.5. The smallest absolute Gasteiger partial charge is 0.433 e. The lowest BCUT2D eigenvalue weighted by atomic mass is 10.1. The minimum atomic E-state index is -4.56. The number of halogens is 3. The Bertz CT molecular complexity index is 1090. The second-order valence-electron chi connectivity index (χ2n) is 5.93. The van der Waals surface area contributed by atoms with Crippen LogP contribution >= 0.6 is 11.3 Å². The first-order valence-corrected chi connectivity index (χ1v) is 9.16. The number of hydrogen-bond donors (Lipinski definition) is 0. The predicted molar refractivity (Wildman–Crippen MR) is 102 cm³/mol. The van der Waals surface area contributed by atoms with Crippen molar-refractivity contribution >= 4 is 11.3 Å². The van der Waals surface area contributed by atoms with E-state index in [2.05, 4.69) is 10.1 Å². The highest BCUT2D eigenvalue weighted by Gasteiger charge is 2.37. The molecule has 0 fully saturated rings. The Morgan fingerprint density at radius 1 is 0.929 bits per heavy atom. The summed E-state index contributed by atoms with van der Waals surface area (Å²) in [5, 5.41) is 6.06. The summed E-state index contributed by atoms with van der Waals surface area (Å²) < 4.78 is 46.8. The first kappa shape index (κ1) is 18.2. The molecule has 8 heteroatoms. The fourth-order valence-electron chi connectivity index (χ4n) is 2.73. The van der Waals surface area contributed by atoms with Crippen molar-refractivity contribution in [3.63, 3.8) is 0 Å². The van der Waals surface area contributed by atoms with E-state index in [1.165, 1.54) is 7.11 Å². The molecule has 142 valence electrons. The van der Waals surface area contributed by atoms with Gasteiger partial charge in [0.2, 0.25) is 5.13 Å². The summed E-state index contributed by atoms with van der Waals surface area (Å²) in [4.78, 5) is 4.36. The van der Waals surface area contributed by atoms with Crippen LogP contribution in [0.1, 0.15) is 5.69 Å². The van der Waals surface area contributed by atoms with Gasteiger partial charge in [-0.1, -0.05) is 30.3 Å². The van der Waals surface area contributed by atoms with Crippen LogP contribution in [0.3, 0.4) is 0 Å². The van der Waals surface area contributed by atoms with Crippen molar-refractivity contribution in [2.45, 2.75) is 6.18 Å². The monoisotopic (exact) mass is 401 g/mol. The van der Waals surface area contributed by atoms with Gasteiger partial charge in [0.15, 0.2) is 5.69 Å². The average Bonchev–Trinajstić information content (AvgIpc) is 3.36. The first-order chi connectivity index (χ1) is 13.5. The third-order valence-electron chi connectivity index (χ3n) is 4.13. The van der Waals surface area contributed by atoms with Gasteiger partial charge < -0.3 is 4.74 Å². The van der Waals surface area contributed by atoms with Crippen molar-refractivity contribution in [2.75, 3.05) is 7.11 Å². The van der Waals surface area contributed by atoms with E-state index in [0.717, 1.165) is 27.6 Å². The molecule has 4 aromatic rings.